The Morgan fingerprint density at radius 1 is 1.14 bits per heavy atom. The molecule has 0 spiro atoms. The minimum atomic E-state index is -4.23. The lowest BCUT2D eigenvalue weighted by Gasteiger charge is -2.44. The van der Waals surface area contributed by atoms with E-state index in [4.69, 9.17) is 4.74 Å². The molecule has 2 nitrogen and oxygen atoms in total. The van der Waals surface area contributed by atoms with Gasteiger partial charge in [-0.05, 0) is 43.6 Å². The number of hydrogen-bond acceptors (Lipinski definition) is 2. The van der Waals surface area contributed by atoms with Crippen molar-refractivity contribution in [1.82, 2.24) is 5.32 Å². The van der Waals surface area contributed by atoms with Crippen LogP contribution in [0.3, 0.4) is 0 Å². The van der Waals surface area contributed by atoms with Crippen molar-refractivity contribution in [2.24, 2.45) is 16.7 Å². The van der Waals surface area contributed by atoms with E-state index in [-0.39, 0.29) is 17.4 Å². The number of rotatable bonds is 6. The second-order valence-electron chi connectivity index (χ2n) is 7.53. The molecule has 0 aromatic carbocycles. The molecule has 0 aromatic rings. The first-order valence-electron chi connectivity index (χ1n) is 7.93. The monoisotopic (exact) mass is 309 g/mol. The number of nitrogens with one attached hydrogen (secondary N) is 1. The van der Waals surface area contributed by atoms with Gasteiger partial charge in [-0.25, -0.2) is 0 Å². The lowest BCUT2D eigenvalue weighted by atomic mass is 9.64. The van der Waals surface area contributed by atoms with Crippen LogP contribution >= 0.6 is 0 Å². The van der Waals surface area contributed by atoms with Crippen molar-refractivity contribution in [2.45, 2.75) is 59.6 Å². The van der Waals surface area contributed by atoms with E-state index in [1.807, 2.05) is 6.92 Å². The second-order valence-corrected chi connectivity index (χ2v) is 7.53. The van der Waals surface area contributed by atoms with Crippen molar-refractivity contribution in [3.05, 3.63) is 0 Å². The van der Waals surface area contributed by atoms with Crippen molar-refractivity contribution >= 4 is 0 Å². The van der Waals surface area contributed by atoms with Gasteiger partial charge < -0.3 is 10.1 Å². The maximum Gasteiger partial charge on any atom is 0.411 e. The second kappa shape index (κ2) is 7.32. The molecule has 1 N–H and O–H groups in total. The predicted octanol–water partition coefficient (Wildman–Crippen LogP) is 4.40. The lowest BCUT2D eigenvalue weighted by Crippen LogP contribution is -2.43. The minimum absolute atomic E-state index is 0.136. The SMILES string of the molecule is CCNCC1(COCC(F)(F)F)CCC(C(C)(C)C)CC1. The van der Waals surface area contributed by atoms with Gasteiger partial charge in [-0.1, -0.05) is 27.7 Å². The molecule has 0 saturated heterocycles. The van der Waals surface area contributed by atoms with Gasteiger partial charge in [0.2, 0.25) is 0 Å². The van der Waals surface area contributed by atoms with Gasteiger partial charge in [-0.15, -0.1) is 0 Å². The zero-order chi connectivity index (χ0) is 16.1. The summed E-state index contributed by atoms with van der Waals surface area (Å²) >= 11 is 0. The molecule has 21 heavy (non-hydrogen) atoms. The Labute approximate surface area is 126 Å². The van der Waals surface area contributed by atoms with E-state index in [0.717, 1.165) is 38.8 Å². The first-order valence-corrected chi connectivity index (χ1v) is 7.93. The molecule has 0 unspecified atom stereocenters. The maximum absolute atomic E-state index is 12.3. The number of halogens is 3. The normalized spacial score (nSPS) is 27.9. The van der Waals surface area contributed by atoms with Crippen LogP contribution in [0, 0.1) is 16.7 Å². The van der Waals surface area contributed by atoms with Gasteiger partial charge >= 0.3 is 6.18 Å². The third kappa shape index (κ3) is 6.55. The molecule has 1 rings (SSSR count). The average Bonchev–Trinajstić information content (AvgIpc) is 2.34. The van der Waals surface area contributed by atoms with Gasteiger partial charge in [0, 0.05) is 12.0 Å². The molecule has 1 saturated carbocycles. The van der Waals surface area contributed by atoms with Gasteiger partial charge in [0.05, 0.1) is 6.61 Å². The van der Waals surface area contributed by atoms with Gasteiger partial charge in [-0.2, -0.15) is 13.2 Å². The third-order valence-electron chi connectivity index (χ3n) is 4.69. The molecule has 0 radical (unpaired) electrons. The smallest absolute Gasteiger partial charge is 0.371 e. The van der Waals surface area contributed by atoms with Crippen LogP contribution in [0.4, 0.5) is 13.2 Å². The quantitative estimate of drug-likeness (QED) is 0.785. The van der Waals surface area contributed by atoms with Crippen LogP contribution in [0.25, 0.3) is 0 Å². The summed E-state index contributed by atoms with van der Waals surface area (Å²) in [4.78, 5) is 0. The summed E-state index contributed by atoms with van der Waals surface area (Å²) in [5.41, 5.74) is 0.139. The van der Waals surface area contributed by atoms with Crippen LogP contribution in [0.2, 0.25) is 0 Å². The molecule has 0 amide bonds. The average molecular weight is 309 g/mol. The topological polar surface area (TPSA) is 21.3 Å². The molecule has 5 heteroatoms. The molecular weight excluding hydrogens is 279 g/mol. The molecule has 1 fully saturated rings. The fraction of sp³-hybridized carbons (Fsp3) is 1.00. The summed E-state index contributed by atoms with van der Waals surface area (Å²) in [6, 6.07) is 0. The van der Waals surface area contributed by atoms with E-state index in [1.54, 1.807) is 0 Å². The molecule has 0 heterocycles. The van der Waals surface area contributed by atoms with Crippen molar-refractivity contribution < 1.29 is 17.9 Å². The van der Waals surface area contributed by atoms with Gasteiger partial charge in [-0.3, -0.25) is 0 Å². The molecule has 1 aliphatic carbocycles. The first-order chi connectivity index (χ1) is 9.58. The van der Waals surface area contributed by atoms with E-state index >= 15 is 0 Å². The molecule has 0 aromatic heterocycles. The van der Waals surface area contributed by atoms with Crippen LogP contribution in [-0.2, 0) is 4.74 Å². The van der Waals surface area contributed by atoms with E-state index < -0.39 is 12.8 Å². The predicted molar refractivity (Wildman–Crippen MR) is 79.3 cm³/mol. The zero-order valence-corrected chi connectivity index (χ0v) is 13.8. The van der Waals surface area contributed by atoms with E-state index in [1.165, 1.54) is 0 Å². The summed E-state index contributed by atoms with van der Waals surface area (Å²) < 4.78 is 41.8. The lowest BCUT2D eigenvalue weighted by molar-refractivity contribution is -0.182. The Kier molecular flexibility index (Phi) is 6.54. The highest BCUT2D eigenvalue weighted by molar-refractivity contribution is 4.90. The Bertz CT molecular complexity index is 296. The van der Waals surface area contributed by atoms with E-state index in [9.17, 15) is 13.2 Å². The highest BCUT2D eigenvalue weighted by Crippen LogP contribution is 2.45. The number of hydrogen-bond donors (Lipinski definition) is 1. The van der Waals surface area contributed by atoms with Crippen LogP contribution in [0.15, 0.2) is 0 Å². The van der Waals surface area contributed by atoms with Crippen molar-refractivity contribution in [2.75, 3.05) is 26.3 Å². The molecular formula is C16H30F3NO. The Morgan fingerprint density at radius 3 is 2.14 bits per heavy atom. The largest absolute Gasteiger partial charge is 0.411 e. The fourth-order valence-corrected chi connectivity index (χ4v) is 3.24. The Morgan fingerprint density at radius 2 is 1.71 bits per heavy atom. The Hall–Kier alpha value is -0.290. The zero-order valence-electron chi connectivity index (χ0n) is 13.8. The number of alkyl halides is 3. The Balaban J connectivity index is 2.56. The molecule has 126 valence electrons. The van der Waals surface area contributed by atoms with Gasteiger partial charge in [0.25, 0.3) is 0 Å². The van der Waals surface area contributed by atoms with Crippen LogP contribution in [0.5, 0.6) is 0 Å². The summed E-state index contributed by atoms with van der Waals surface area (Å²) in [5.74, 6) is 0.648. The minimum Gasteiger partial charge on any atom is -0.371 e. The molecule has 0 bridgehead atoms. The highest BCUT2D eigenvalue weighted by atomic mass is 19.4. The summed E-state index contributed by atoms with van der Waals surface area (Å²) in [7, 11) is 0. The molecule has 0 atom stereocenters. The van der Waals surface area contributed by atoms with Gasteiger partial charge in [0.15, 0.2) is 0 Å². The van der Waals surface area contributed by atoms with E-state index in [0.29, 0.717) is 5.92 Å². The van der Waals surface area contributed by atoms with Crippen LogP contribution < -0.4 is 5.32 Å². The van der Waals surface area contributed by atoms with Crippen LogP contribution in [0.1, 0.15) is 53.4 Å². The van der Waals surface area contributed by atoms with E-state index in [2.05, 4.69) is 26.1 Å². The van der Waals surface area contributed by atoms with Crippen molar-refractivity contribution in [3.63, 3.8) is 0 Å². The molecule has 1 aliphatic rings. The molecule has 0 aliphatic heterocycles. The summed E-state index contributed by atoms with van der Waals surface area (Å²) in [5, 5.41) is 3.30. The maximum atomic E-state index is 12.3. The van der Waals surface area contributed by atoms with Gasteiger partial charge in [0.1, 0.15) is 6.61 Å². The third-order valence-corrected chi connectivity index (χ3v) is 4.69. The van der Waals surface area contributed by atoms with Crippen molar-refractivity contribution in [1.29, 1.82) is 0 Å². The fourth-order valence-electron chi connectivity index (χ4n) is 3.24. The number of ether oxygens (including phenoxy) is 1. The standard InChI is InChI=1S/C16H30F3NO/c1-5-20-10-15(11-21-12-16(17,18)19)8-6-13(7-9-15)14(2,3)4/h13,20H,5-12H2,1-4H3. The summed E-state index contributed by atoms with van der Waals surface area (Å²) in [6.07, 6.45) is -0.198. The highest BCUT2D eigenvalue weighted by Gasteiger charge is 2.39. The van der Waals surface area contributed by atoms with Crippen LogP contribution in [-0.4, -0.2) is 32.5 Å². The van der Waals surface area contributed by atoms with Crippen molar-refractivity contribution in [3.8, 4) is 0 Å². The summed E-state index contributed by atoms with van der Waals surface area (Å²) in [6.45, 7) is 9.41. The first kappa shape index (κ1) is 18.8.